The van der Waals surface area contributed by atoms with Gasteiger partial charge < -0.3 is 30.7 Å². The van der Waals surface area contributed by atoms with Gasteiger partial charge in [-0.15, -0.1) is 0 Å². The molecule has 0 radical (unpaired) electrons. The molecule has 5 amide bonds. The molecule has 2 heterocycles. The molecule has 3 N–H and O–H groups in total. The molecule has 3 fully saturated rings. The number of benzene rings is 1. The van der Waals surface area contributed by atoms with Crippen LogP contribution in [0, 0.1) is 17.7 Å². The van der Waals surface area contributed by atoms with Gasteiger partial charge >= 0.3 is 6.03 Å². The number of urea groups is 1. The molecule has 13 heteroatoms. The Kier molecular flexibility index (Phi) is 11.4. The van der Waals surface area contributed by atoms with Gasteiger partial charge in [0.2, 0.25) is 11.8 Å². The second-order valence-electron chi connectivity index (χ2n) is 13.9. The van der Waals surface area contributed by atoms with E-state index in [9.17, 15) is 19.2 Å². The summed E-state index contributed by atoms with van der Waals surface area (Å²) < 4.78 is 17.3. The largest absolute Gasteiger partial charge is 0.339 e. The van der Waals surface area contributed by atoms with Gasteiger partial charge in [0, 0.05) is 57.9 Å². The molecule has 1 aromatic heterocycles. The summed E-state index contributed by atoms with van der Waals surface area (Å²) in [5.41, 5.74) is 0.865. The molecule has 3 atom stereocenters. The van der Waals surface area contributed by atoms with Crippen molar-refractivity contribution in [2.75, 3.05) is 45.6 Å². The van der Waals surface area contributed by atoms with Gasteiger partial charge in [-0.3, -0.25) is 19.1 Å². The molecule has 1 saturated heterocycles. The van der Waals surface area contributed by atoms with Crippen LogP contribution in [0.2, 0.25) is 0 Å². The average molecular weight is 667 g/mol. The van der Waals surface area contributed by atoms with E-state index < -0.39 is 35.6 Å². The van der Waals surface area contributed by atoms with E-state index >= 15 is 4.39 Å². The Hall–Kier alpha value is -4.00. The van der Waals surface area contributed by atoms with Gasteiger partial charge in [-0.1, -0.05) is 32.8 Å². The second-order valence-corrected chi connectivity index (χ2v) is 13.9. The van der Waals surface area contributed by atoms with Crippen molar-refractivity contribution in [1.29, 1.82) is 0 Å². The van der Waals surface area contributed by atoms with E-state index in [2.05, 4.69) is 32.9 Å². The molecule has 1 aliphatic heterocycles. The van der Waals surface area contributed by atoms with E-state index in [1.807, 2.05) is 14.0 Å². The molecule has 48 heavy (non-hydrogen) atoms. The molecule has 0 unspecified atom stereocenters. The van der Waals surface area contributed by atoms with Crippen molar-refractivity contribution >= 4 is 29.4 Å². The average Bonchev–Trinajstić information content (AvgIpc) is 3.82. The Labute approximate surface area is 282 Å². The van der Waals surface area contributed by atoms with Crippen molar-refractivity contribution in [3.05, 3.63) is 47.5 Å². The molecule has 0 spiro atoms. The number of aromatic nitrogens is 2. The summed E-state index contributed by atoms with van der Waals surface area (Å²) in [6, 6.07) is 4.19. The quantitative estimate of drug-likeness (QED) is 0.336. The van der Waals surface area contributed by atoms with E-state index in [0.29, 0.717) is 36.8 Å². The van der Waals surface area contributed by atoms with Gasteiger partial charge in [0.25, 0.3) is 5.91 Å². The molecule has 262 valence electrons. The van der Waals surface area contributed by atoms with E-state index in [1.165, 1.54) is 12.1 Å². The topological polar surface area (TPSA) is 132 Å². The summed E-state index contributed by atoms with van der Waals surface area (Å²) in [5.74, 6) is -1.84. The zero-order valence-corrected chi connectivity index (χ0v) is 28.9. The fourth-order valence-electron chi connectivity index (χ4n) is 6.81. The molecule has 2 saturated carbocycles. The number of hydrogen-bond donors (Lipinski definition) is 3. The highest BCUT2D eigenvalue weighted by Gasteiger charge is 2.37. The van der Waals surface area contributed by atoms with Crippen molar-refractivity contribution in [3.63, 3.8) is 0 Å². The first-order valence-corrected chi connectivity index (χ1v) is 17.4. The smallest absolute Gasteiger partial charge is 0.318 e. The number of hydrogen-bond acceptors (Lipinski definition) is 6. The van der Waals surface area contributed by atoms with Crippen LogP contribution in [0.15, 0.2) is 30.5 Å². The third-order valence-electron chi connectivity index (χ3n) is 10.4. The highest BCUT2D eigenvalue weighted by atomic mass is 19.1. The van der Waals surface area contributed by atoms with E-state index in [1.54, 1.807) is 46.8 Å². The van der Waals surface area contributed by atoms with E-state index in [0.717, 1.165) is 51.6 Å². The molecule has 2 aromatic rings. The first kappa shape index (κ1) is 35.3. The normalized spacial score (nSPS) is 21.9. The third kappa shape index (κ3) is 8.34. The summed E-state index contributed by atoms with van der Waals surface area (Å²) in [6.07, 6.45) is 6.85. The van der Waals surface area contributed by atoms with Crippen molar-refractivity contribution in [1.82, 2.24) is 35.1 Å². The standard InChI is InChI=1S/C35H51FN8O4/c1-6-44-29(15-16-37-44)32(45)39-31(24-9-7-22(2)8-10-24)33(46)38-28-14-11-25(21-27(28)36)23(3)30(40-35(48)42(5)26-12-13-26)34(47)43-19-17-41(4)18-20-43/h11,14-16,21-24,26,30-31H,6-10,12-13,17-20H2,1-5H3,(H,38,46)(H,39,45)(H,40,48)/t22?,23-,24?,30+,31-/m0/s1. The van der Waals surface area contributed by atoms with Crippen LogP contribution < -0.4 is 16.0 Å². The lowest BCUT2D eigenvalue weighted by molar-refractivity contribution is -0.135. The number of carbonyl (C=O) groups is 4. The fourth-order valence-corrected chi connectivity index (χ4v) is 6.81. The minimum atomic E-state index is -0.896. The Morgan fingerprint density at radius 3 is 2.31 bits per heavy atom. The molecular formula is C35H51FN8O4. The highest BCUT2D eigenvalue weighted by molar-refractivity contribution is 6.00. The Balaban J connectivity index is 1.33. The lowest BCUT2D eigenvalue weighted by atomic mass is 9.79. The molecule has 3 aliphatic rings. The number of nitrogens with zero attached hydrogens (tertiary/aromatic N) is 5. The maximum Gasteiger partial charge on any atom is 0.318 e. The SMILES string of the molecule is CCn1nccc1C(=O)N[C@H](C(=O)Nc1ccc([C@H](C)[C@@H](NC(=O)N(C)C2CC2)C(=O)N2CCN(C)CC2)cc1F)C1CCC(C)CC1. The molecule has 0 bridgehead atoms. The Morgan fingerprint density at radius 1 is 1.00 bits per heavy atom. The van der Waals surface area contributed by atoms with Crippen LogP contribution in [-0.4, -0.2) is 107 Å². The minimum Gasteiger partial charge on any atom is -0.339 e. The summed E-state index contributed by atoms with van der Waals surface area (Å²) in [6.45, 7) is 8.93. The molecule has 5 rings (SSSR count). The lowest BCUT2D eigenvalue weighted by Crippen LogP contribution is -2.57. The van der Waals surface area contributed by atoms with Crippen molar-refractivity contribution in [3.8, 4) is 0 Å². The van der Waals surface area contributed by atoms with Crippen molar-refractivity contribution < 1.29 is 23.6 Å². The number of likely N-dealkylation sites (N-methyl/N-ethyl adjacent to an activating group) is 1. The number of anilines is 1. The number of amides is 5. The second kappa shape index (κ2) is 15.5. The molecule has 2 aliphatic carbocycles. The summed E-state index contributed by atoms with van der Waals surface area (Å²) in [4.78, 5) is 59.5. The fraction of sp³-hybridized carbons (Fsp3) is 0.629. The van der Waals surface area contributed by atoms with Gasteiger partial charge in [-0.2, -0.15) is 5.10 Å². The first-order chi connectivity index (χ1) is 23.0. The number of halogens is 1. The number of nitrogens with one attached hydrogen (secondary N) is 3. The number of piperazine rings is 1. The predicted octanol–water partition coefficient (Wildman–Crippen LogP) is 3.66. The van der Waals surface area contributed by atoms with Crippen LogP contribution in [0.1, 0.15) is 81.3 Å². The van der Waals surface area contributed by atoms with Gasteiger partial charge in [0.15, 0.2) is 0 Å². The van der Waals surface area contributed by atoms with Gasteiger partial charge in [-0.25, -0.2) is 9.18 Å². The summed E-state index contributed by atoms with van der Waals surface area (Å²) in [7, 11) is 3.74. The van der Waals surface area contributed by atoms with Crippen LogP contribution in [0.4, 0.5) is 14.9 Å². The van der Waals surface area contributed by atoms with Crippen LogP contribution in [-0.2, 0) is 16.1 Å². The van der Waals surface area contributed by atoms with Crippen LogP contribution in [0.25, 0.3) is 0 Å². The number of aryl methyl sites for hydroxylation is 1. The van der Waals surface area contributed by atoms with Gasteiger partial charge in [0.1, 0.15) is 23.6 Å². The van der Waals surface area contributed by atoms with Crippen molar-refractivity contribution in [2.24, 2.45) is 11.8 Å². The Morgan fingerprint density at radius 2 is 1.69 bits per heavy atom. The predicted molar refractivity (Wildman–Crippen MR) is 181 cm³/mol. The van der Waals surface area contributed by atoms with Crippen LogP contribution >= 0.6 is 0 Å². The van der Waals surface area contributed by atoms with Crippen LogP contribution in [0.3, 0.4) is 0 Å². The van der Waals surface area contributed by atoms with Crippen molar-refractivity contribution in [2.45, 2.75) is 89.9 Å². The molecule has 1 aromatic carbocycles. The maximum atomic E-state index is 15.8. The van der Waals surface area contributed by atoms with E-state index in [-0.39, 0.29) is 29.6 Å². The van der Waals surface area contributed by atoms with E-state index in [4.69, 9.17) is 0 Å². The van der Waals surface area contributed by atoms with Crippen LogP contribution in [0.5, 0.6) is 0 Å². The lowest BCUT2D eigenvalue weighted by Gasteiger charge is -2.37. The summed E-state index contributed by atoms with van der Waals surface area (Å²) in [5, 5.41) is 12.8. The van der Waals surface area contributed by atoms with Gasteiger partial charge in [-0.05, 0) is 75.3 Å². The zero-order chi connectivity index (χ0) is 34.5. The van der Waals surface area contributed by atoms with Gasteiger partial charge in [0.05, 0.1) is 5.69 Å². The zero-order valence-electron chi connectivity index (χ0n) is 28.9. The number of carbonyl (C=O) groups excluding carboxylic acids is 4. The third-order valence-corrected chi connectivity index (χ3v) is 10.4. The monoisotopic (exact) mass is 666 g/mol. The molecule has 12 nitrogen and oxygen atoms in total. The molecular weight excluding hydrogens is 615 g/mol. The number of rotatable bonds is 11. The highest BCUT2D eigenvalue weighted by Crippen LogP contribution is 2.32. The minimum absolute atomic E-state index is 0.0163. The Bertz CT molecular complexity index is 1460. The first-order valence-electron chi connectivity index (χ1n) is 17.4. The summed E-state index contributed by atoms with van der Waals surface area (Å²) >= 11 is 0. The maximum absolute atomic E-state index is 15.8.